The lowest BCUT2D eigenvalue weighted by atomic mass is 9.85. The third-order valence-electron chi connectivity index (χ3n) is 14.2. The van der Waals surface area contributed by atoms with E-state index in [1.165, 1.54) is 11.3 Å². The molecule has 2 aromatic heterocycles. The van der Waals surface area contributed by atoms with E-state index in [9.17, 15) is 34.2 Å². The molecule has 4 heterocycles. The smallest absolute Gasteiger partial charge is 0.246 e. The molecule has 0 spiro atoms. The van der Waals surface area contributed by atoms with Gasteiger partial charge in [0, 0.05) is 50.5 Å². The number of thiazole rings is 2. The number of likely N-dealkylation sites (tertiary alicyclic amines) is 2. The molecular weight excluding hydrogens is 985 g/mol. The summed E-state index contributed by atoms with van der Waals surface area (Å²) in [4.78, 5) is 79.7. The van der Waals surface area contributed by atoms with Gasteiger partial charge in [-0.2, -0.15) is 0 Å². The van der Waals surface area contributed by atoms with Crippen molar-refractivity contribution < 1.29 is 34.2 Å². The number of β-amino-alcohol motifs (C(OH)–C–C–N with tert-alkyl or cyclic N) is 2. The van der Waals surface area contributed by atoms with Crippen LogP contribution in [-0.4, -0.2) is 115 Å². The summed E-state index contributed by atoms with van der Waals surface area (Å²) in [5.74, 6) is -1.15. The number of benzene rings is 2. The minimum atomic E-state index is -0.788. The van der Waals surface area contributed by atoms with E-state index in [-0.39, 0.29) is 66.9 Å². The number of nitrogens with zero attached hydrogens (tertiary/aromatic N) is 4. The maximum Gasteiger partial charge on any atom is 0.246 e. The first-order valence-corrected chi connectivity index (χ1v) is 28.3. The summed E-state index contributed by atoms with van der Waals surface area (Å²) in [5.41, 5.74) is 8.99. The van der Waals surface area contributed by atoms with Crippen LogP contribution in [0.3, 0.4) is 0 Å². The zero-order valence-corrected chi connectivity index (χ0v) is 48.9. The minimum Gasteiger partial charge on any atom is -0.391 e. The Labute approximate surface area is 454 Å². The van der Waals surface area contributed by atoms with Gasteiger partial charge in [0.05, 0.1) is 50.4 Å². The maximum absolute atomic E-state index is 13.6. The number of aromatic nitrogens is 2. The van der Waals surface area contributed by atoms with E-state index in [0.29, 0.717) is 18.5 Å². The van der Waals surface area contributed by atoms with Crippen LogP contribution < -0.4 is 21.3 Å². The van der Waals surface area contributed by atoms with E-state index in [2.05, 4.69) is 58.9 Å². The maximum atomic E-state index is 13.6. The van der Waals surface area contributed by atoms with Crippen LogP contribution in [0.1, 0.15) is 145 Å². The van der Waals surface area contributed by atoms with Crippen molar-refractivity contribution in [2.24, 2.45) is 21.7 Å². The van der Waals surface area contributed by atoms with E-state index >= 15 is 0 Å². The van der Waals surface area contributed by atoms with Gasteiger partial charge in [0.2, 0.25) is 29.5 Å². The number of aliphatic hydroxyl groups is 2. The number of aryl methyl sites for hydroxylation is 2. The van der Waals surface area contributed by atoms with E-state index in [1.807, 2.05) is 136 Å². The van der Waals surface area contributed by atoms with E-state index in [1.54, 1.807) is 27.6 Å². The van der Waals surface area contributed by atoms with Crippen LogP contribution >= 0.6 is 22.7 Å². The van der Waals surface area contributed by atoms with Crippen LogP contribution in [0.4, 0.5) is 0 Å². The van der Waals surface area contributed by atoms with Crippen LogP contribution in [0, 0.1) is 35.5 Å². The fourth-order valence-corrected chi connectivity index (χ4v) is 10.3. The molecule has 1 aliphatic carbocycles. The van der Waals surface area contributed by atoms with Crippen LogP contribution in [0.25, 0.3) is 20.9 Å². The first kappa shape index (κ1) is 60.8. The summed E-state index contributed by atoms with van der Waals surface area (Å²) in [5, 5.41) is 32.8. The average molecular weight is 1070 g/mol. The van der Waals surface area contributed by atoms with Gasteiger partial charge in [-0.25, -0.2) is 9.97 Å². The summed E-state index contributed by atoms with van der Waals surface area (Å²) < 4.78 is 0. The van der Waals surface area contributed by atoms with Crippen molar-refractivity contribution in [3.63, 3.8) is 0 Å². The Morgan fingerprint density at radius 3 is 1.35 bits per heavy atom. The molecule has 3 aliphatic rings. The molecule has 5 amide bonds. The molecule has 0 radical (unpaired) electrons. The summed E-state index contributed by atoms with van der Waals surface area (Å²) in [6, 6.07) is 13.4. The number of aliphatic hydroxyl groups excluding tert-OH is 2. The van der Waals surface area contributed by atoms with Crippen molar-refractivity contribution >= 4 is 52.2 Å². The van der Waals surface area contributed by atoms with Crippen LogP contribution in [0.2, 0.25) is 0 Å². The number of nitrogens with one attached hydrogen (secondary N) is 4. The van der Waals surface area contributed by atoms with Gasteiger partial charge in [-0.05, 0) is 65.2 Å². The third kappa shape index (κ3) is 17.0. The van der Waals surface area contributed by atoms with Gasteiger partial charge >= 0.3 is 0 Å². The second-order valence-electron chi connectivity index (χ2n) is 24.5. The number of hydrogen-bond acceptors (Lipinski definition) is 12. The Kier molecular flexibility index (Phi) is 20.6. The number of rotatable bonds is 14. The highest BCUT2D eigenvalue weighted by Gasteiger charge is 2.50. The predicted molar refractivity (Wildman–Crippen MR) is 301 cm³/mol. The first-order valence-electron chi connectivity index (χ1n) is 26.5. The number of amides is 5. The molecule has 7 rings (SSSR count). The van der Waals surface area contributed by atoms with Gasteiger partial charge in [-0.3, -0.25) is 24.0 Å². The molecule has 6 N–H and O–H groups in total. The van der Waals surface area contributed by atoms with E-state index < -0.39 is 47.2 Å². The van der Waals surface area contributed by atoms with Crippen molar-refractivity contribution in [3.8, 4) is 20.9 Å². The Balaban J connectivity index is 0.000000251. The largest absolute Gasteiger partial charge is 0.391 e. The Morgan fingerprint density at radius 2 is 1.04 bits per heavy atom. The zero-order chi connectivity index (χ0) is 55.8. The molecule has 412 valence electrons. The Bertz CT molecular complexity index is 2550. The summed E-state index contributed by atoms with van der Waals surface area (Å²) in [7, 11) is 0. The highest BCUT2D eigenvalue weighted by atomic mass is 32.1. The molecule has 15 nitrogen and oxygen atoms in total. The summed E-state index contributed by atoms with van der Waals surface area (Å²) >= 11 is 3.20. The normalized spacial score (nSPS) is 20.0. The molecule has 2 aromatic carbocycles. The lowest BCUT2D eigenvalue weighted by Gasteiger charge is -2.36. The Hall–Kier alpha value is -5.07. The third-order valence-corrected chi connectivity index (χ3v) is 16.2. The van der Waals surface area contributed by atoms with E-state index in [4.69, 9.17) is 0 Å². The minimum absolute atomic E-state index is 0.0690. The monoisotopic (exact) mass is 1070 g/mol. The molecule has 6 atom stereocenters. The number of carbonyl (C=O) groups is 5. The SMILES string of the molecule is CCC(C)(C)C.Cc1ncsc1-c1ccc(CNC(=O)[C@@H]2C[C@@H](O)CN2C(=O)[C@@H](NC(=O)C2(C)CC2)C(C)(C)C)cc1.Cc1ncsc1-c1ccc(CNC(=O)[C@@H]2C[C@@H](O)CN2C(=O)[C@@H](NC(C)C)C(C)(C)C)cc1. The molecule has 0 unspecified atom stereocenters. The van der Waals surface area contributed by atoms with Crippen LogP contribution in [0.15, 0.2) is 59.6 Å². The Morgan fingerprint density at radius 1 is 0.667 bits per heavy atom. The van der Waals surface area contributed by atoms with Gasteiger partial charge in [-0.1, -0.05) is 145 Å². The predicted octanol–water partition coefficient (Wildman–Crippen LogP) is 8.58. The van der Waals surface area contributed by atoms with E-state index in [0.717, 1.165) is 56.2 Å². The highest BCUT2D eigenvalue weighted by Crippen LogP contribution is 2.45. The standard InChI is InChI=1S/C27H36N4O4S.C25H36N4O3S.C6H14/c1-16-21(36-15-29-16)18-8-6-17(7-9-18)13-28-23(33)20-12-19(32)14-31(20)24(34)22(26(2,3)4)30-25(35)27(5)10-11-27;1-15(2)28-22(25(4,5)6)24(32)29-13-19(30)11-20(29)23(31)26-12-17-7-9-18(10-8-17)21-16(3)27-14-33-21;1-5-6(2,3)4/h6-9,15,19-20,22,32H,10-14H2,1-5H3,(H,28,33)(H,30,35);7-10,14-15,19-20,22,28,30H,11-13H2,1-6H3,(H,26,31);5H2,1-4H3/t2*19-,20+,22-;/m11./s1. The summed E-state index contributed by atoms with van der Waals surface area (Å²) in [6.07, 6.45) is 1.82. The number of carbonyl (C=O) groups excluding carboxylic acids is 5. The van der Waals surface area contributed by atoms with Crippen LogP contribution in [-0.2, 0) is 37.1 Å². The molecule has 75 heavy (non-hydrogen) atoms. The van der Waals surface area contributed by atoms with Crippen molar-refractivity contribution in [2.45, 2.75) is 191 Å². The van der Waals surface area contributed by atoms with Gasteiger partial charge in [0.15, 0.2) is 0 Å². The molecule has 4 aromatic rings. The fraction of sp³-hybridized carbons (Fsp3) is 0.603. The second kappa shape index (κ2) is 25.4. The highest BCUT2D eigenvalue weighted by molar-refractivity contribution is 7.13. The molecule has 2 aliphatic heterocycles. The molecule has 2 saturated heterocycles. The number of hydrogen-bond donors (Lipinski definition) is 6. The average Bonchev–Trinajstić information content (AvgIpc) is 3.75. The first-order chi connectivity index (χ1) is 34.9. The van der Waals surface area contributed by atoms with Gasteiger partial charge in [-0.15, -0.1) is 22.7 Å². The lowest BCUT2D eigenvalue weighted by Crippen LogP contribution is -2.58. The molecule has 0 bridgehead atoms. The molecule has 17 heteroatoms. The second-order valence-corrected chi connectivity index (χ2v) is 26.2. The van der Waals surface area contributed by atoms with Gasteiger partial charge < -0.3 is 41.3 Å². The fourth-order valence-electron chi connectivity index (χ4n) is 8.66. The van der Waals surface area contributed by atoms with Crippen molar-refractivity contribution in [3.05, 3.63) is 82.1 Å². The topological polar surface area (TPSA) is 206 Å². The van der Waals surface area contributed by atoms with Crippen molar-refractivity contribution in [1.29, 1.82) is 0 Å². The van der Waals surface area contributed by atoms with Gasteiger partial charge in [0.25, 0.3) is 0 Å². The van der Waals surface area contributed by atoms with Crippen molar-refractivity contribution in [2.75, 3.05) is 13.1 Å². The van der Waals surface area contributed by atoms with Gasteiger partial charge in [0.1, 0.15) is 18.1 Å². The molecular formula is C58H86N8O7S2. The zero-order valence-electron chi connectivity index (χ0n) is 47.2. The lowest BCUT2D eigenvalue weighted by molar-refractivity contribution is -0.144. The quantitative estimate of drug-likeness (QED) is 0.0710. The molecule has 1 saturated carbocycles. The summed E-state index contributed by atoms with van der Waals surface area (Å²) in [6.45, 7) is 31.4. The van der Waals surface area contributed by atoms with Crippen LogP contribution in [0.5, 0.6) is 0 Å². The molecule has 3 fully saturated rings. The van der Waals surface area contributed by atoms with Crippen molar-refractivity contribution in [1.82, 2.24) is 41.0 Å².